The predicted molar refractivity (Wildman–Crippen MR) is 80.5 cm³/mol. The number of nitrogens with two attached hydrogens (primary N) is 1. The van der Waals surface area contributed by atoms with Crippen molar-refractivity contribution in [3.63, 3.8) is 0 Å². The molecule has 0 bridgehead atoms. The van der Waals surface area contributed by atoms with Crippen molar-refractivity contribution >= 4 is 28.3 Å². The van der Waals surface area contributed by atoms with E-state index in [2.05, 4.69) is 42.4 Å². The van der Waals surface area contributed by atoms with Crippen LogP contribution in [0.4, 0.5) is 22.7 Å². The molecule has 19 heavy (non-hydrogen) atoms. The van der Waals surface area contributed by atoms with Crippen molar-refractivity contribution in [2.75, 3.05) is 11.1 Å². The zero-order chi connectivity index (χ0) is 13.6. The van der Waals surface area contributed by atoms with Crippen LogP contribution in [-0.2, 0) is 0 Å². The van der Waals surface area contributed by atoms with Crippen LogP contribution in [0.1, 0.15) is 19.4 Å². The Morgan fingerprint density at radius 1 is 1.11 bits per heavy atom. The van der Waals surface area contributed by atoms with E-state index in [1.54, 1.807) is 0 Å². The molecule has 0 aromatic heterocycles. The third kappa shape index (κ3) is 1.97. The van der Waals surface area contributed by atoms with Gasteiger partial charge in [-0.1, -0.05) is 11.6 Å². The molecule has 0 radical (unpaired) electrons. The van der Waals surface area contributed by atoms with Crippen LogP contribution >= 0.6 is 0 Å². The summed E-state index contributed by atoms with van der Waals surface area (Å²) >= 11 is 0. The van der Waals surface area contributed by atoms with Gasteiger partial charge in [-0.2, -0.15) is 0 Å². The van der Waals surface area contributed by atoms with Crippen molar-refractivity contribution in [2.24, 2.45) is 4.99 Å². The number of hydrogen-bond donors (Lipinski definition) is 2. The summed E-state index contributed by atoms with van der Waals surface area (Å²) < 4.78 is 0. The molecule has 0 saturated carbocycles. The second-order valence-corrected chi connectivity index (χ2v) is 5.19. The summed E-state index contributed by atoms with van der Waals surface area (Å²) in [7, 11) is 0. The molecule has 0 atom stereocenters. The van der Waals surface area contributed by atoms with Crippen molar-refractivity contribution in [1.82, 2.24) is 0 Å². The fraction of sp³-hybridized carbons (Fsp3) is 0.188. The van der Waals surface area contributed by atoms with E-state index in [4.69, 9.17) is 5.73 Å². The Labute approximate surface area is 112 Å². The molecule has 0 aliphatic carbocycles. The van der Waals surface area contributed by atoms with E-state index in [-0.39, 0.29) is 0 Å². The van der Waals surface area contributed by atoms with Gasteiger partial charge >= 0.3 is 0 Å². The molecule has 1 heterocycles. The normalized spacial score (nSPS) is 11.9. The molecule has 3 rings (SSSR count). The number of benzene rings is 2. The van der Waals surface area contributed by atoms with Gasteiger partial charge in [-0.05, 0) is 55.8 Å². The Bertz CT molecular complexity index is 784. The maximum absolute atomic E-state index is 5.96. The lowest BCUT2D eigenvalue weighted by molar-refractivity contribution is 1.26. The first-order valence-electron chi connectivity index (χ1n) is 6.38. The fourth-order valence-electron chi connectivity index (χ4n) is 2.22. The third-order valence-electron chi connectivity index (χ3n) is 3.47. The highest BCUT2D eigenvalue weighted by Gasteiger charge is 2.11. The topological polar surface area (TPSA) is 50.4 Å². The van der Waals surface area contributed by atoms with Crippen LogP contribution in [0.25, 0.3) is 5.57 Å². The number of aryl methyl sites for hydroxylation is 1. The van der Waals surface area contributed by atoms with Gasteiger partial charge in [0.2, 0.25) is 0 Å². The molecule has 3 N–H and O–H groups in total. The summed E-state index contributed by atoms with van der Waals surface area (Å²) in [5.41, 5.74) is 12.1. The van der Waals surface area contributed by atoms with E-state index in [0.29, 0.717) is 0 Å². The lowest BCUT2D eigenvalue weighted by Crippen LogP contribution is -2.17. The highest BCUT2D eigenvalue weighted by atomic mass is 15.0. The number of rotatable bonds is 0. The Hall–Kier alpha value is -2.29. The van der Waals surface area contributed by atoms with Crippen LogP contribution in [0.3, 0.4) is 0 Å². The van der Waals surface area contributed by atoms with Gasteiger partial charge in [0.15, 0.2) is 0 Å². The first-order valence-corrected chi connectivity index (χ1v) is 6.38. The Morgan fingerprint density at radius 2 is 1.89 bits per heavy atom. The quantitative estimate of drug-likeness (QED) is 0.604. The third-order valence-corrected chi connectivity index (χ3v) is 3.47. The van der Waals surface area contributed by atoms with Crippen molar-refractivity contribution in [3.05, 3.63) is 46.5 Å². The minimum absolute atomic E-state index is 0.791. The van der Waals surface area contributed by atoms with Crippen molar-refractivity contribution in [3.8, 4) is 0 Å². The number of anilines is 3. The molecule has 0 saturated heterocycles. The van der Waals surface area contributed by atoms with Crippen LogP contribution in [0, 0.1) is 6.92 Å². The zero-order valence-corrected chi connectivity index (χ0v) is 11.4. The van der Waals surface area contributed by atoms with Crippen molar-refractivity contribution < 1.29 is 0 Å². The average molecular weight is 251 g/mol. The Balaban J connectivity index is 2.26. The second kappa shape index (κ2) is 4.12. The number of fused-ring (bicyclic) bond motifs is 2. The SMILES string of the molecule is CC(C)=c1ccc2c(c1)Nc1cc(N)c(C)cc1N=2. The van der Waals surface area contributed by atoms with E-state index < -0.39 is 0 Å². The molecular weight excluding hydrogens is 234 g/mol. The van der Waals surface area contributed by atoms with E-state index in [0.717, 1.165) is 33.7 Å². The molecule has 1 aliphatic rings. The van der Waals surface area contributed by atoms with E-state index in [9.17, 15) is 0 Å². The second-order valence-electron chi connectivity index (χ2n) is 5.19. The largest absolute Gasteiger partial charge is 0.398 e. The molecule has 96 valence electrons. The van der Waals surface area contributed by atoms with Crippen LogP contribution < -0.4 is 21.6 Å². The fourth-order valence-corrected chi connectivity index (χ4v) is 2.22. The smallest absolute Gasteiger partial charge is 0.0876 e. The van der Waals surface area contributed by atoms with Gasteiger partial charge < -0.3 is 11.1 Å². The standard InChI is InChI=1S/C16H17N3/c1-9(2)11-4-5-13-15(7-11)19-16-8-12(17)10(3)6-14(16)18-13/h4-8,19H,17H2,1-3H3. The first kappa shape index (κ1) is 11.8. The highest BCUT2D eigenvalue weighted by molar-refractivity contribution is 5.79. The summed E-state index contributed by atoms with van der Waals surface area (Å²) in [6.45, 7) is 6.22. The summed E-state index contributed by atoms with van der Waals surface area (Å²) in [6.07, 6.45) is 0. The minimum Gasteiger partial charge on any atom is -0.398 e. The number of nitrogens with one attached hydrogen (secondary N) is 1. The van der Waals surface area contributed by atoms with Crippen LogP contribution in [-0.4, -0.2) is 0 Å². The molecular formula is C16H17N3. The number of nitrogens with zero attached hydrogens (tertiary/aromatic N) is 1. The number of nitrogen functional groups attached to an aromatic ring is 1. The summed E-state index contributed by atoms with van der Waals surface area (Å²) in [6, 6.07) is 10.3. The predicted octanol–water partition coefficient (Wildman–Crippen LogP) is 2.78. The maximum Gasteiger partial charge on any atom is 0.0876 e. The molecule has 0 unspecified atom stereocenters. The lowest BCUT2D eigenvalue weighted by Gasteiger charge is -2.16. The molecule has 2 aromatic rings. The first-order chi connectivity index (χ1) is 9.04. The van der Waals surface area contributed by atoms with Crippen molar-refractivity contribution in [2.45, 2.75) is 20.8 Å². The van der Waals surface area contributed by atoms with Gasteiger partial charge in [0, 0.05) is 5.69 Å². The van der Waals surface area contributed by atoms with E-state index in [1.165, 1.54) is 10.8 Å². The highest BCUT2D eigenvalue weighted by Crippen LogP contribution is 2.33. The van der Waals surface area contributed by atoms with Gasteiger partial charge in [0.05, 0.1) is 22.4 Å². The molecule has 0 amide bonds. The summed E-state index contributed by atoms with van der Waals surface area (Å²) in [5, 5.41) is 5.62. The maximum atomic E-state index is 5.96. The Kier molecular flexibility index (Phi) is 2.56. The number of hydrogen-bond acceptors (Lipinski definition) is 3. The Morgan fingerprint density at radius 3 is 2.63 bits per heavy atom. The molecule has 3 heteroatoms. The van der Waals surface area contributed by atoms with Crippen molar-refractivity contribution in [1.29, 1.82) is 0 Å². The average Bonchev–Trinajstić information content (AvgIpc) is 2.37. The minimum atomic E-state index is 0.791. The van der Waals surface area contributed by atoms with Crippen LogP contribution in [0.5, 0.6) is 0 Å². The molecule has 0 fully saturated rings. The van der Waals surface area contributed by atoms with Gasteiger partial charge in [-0.3, -0.25) is 0 Å². The molecule has 3 nitrogen and oxygen atoms in total. The van der Waals surface area contributed by atoms with Gasteiger partial charge in [0.25, 0.3) is 0 Å². The molecule has 2 aromatic carbocycles. The molecule has 1 aliphatic heterocycles. The summed E-state index contributed by atoms with van der Waals surface area (Å²) in [5.74, 6) is 0. The monoisotopic (exact) mass is 251 g/mol. The van der Waals surface area contributed by atoms with Gasteiger partial charge in [-0.25, -0.2) is 4.99 Å². The van der Waals surface area contributed by atoms with Crippen LogP contribution in [0.15, 0.2) is 35.3 Å². The van der Waals surface area contributed by atoms with Gasteiger partial charge in [-0.15, -0.1) is 0 Å². The van der Waals surface area contributed by atoms with Crippen LogP contribution in [0.2, 0.25) is 0 Å². The zero-order valence-electron chi connectivity index (χ0n) is 11.4. The van der Waals surface area contributed by atoms with Gasteiger partial charge in [0.1, 0.15) is 0 Å². The lowest BCUT2D eigenvalue weighted by atomic mass is 10.1. The molecule has 0 spiro atoms. The van der Waals surface area contributed by atoms with E-state index in [1.807, 2.05) is 19.1 Å². The van der Waals surface area contributed by atoms with E-state index >= 15 is 0 Å². The summed E-state index contributed by atoms with van der Waals surface area (Å²) in [4.78, 5) is 4.68.